The Morgan fingerprint density at radius 2 is 1.85 bits per heavy atom. The van der Waals surface area contributed by atoms with Crippen molar-refractivity contribution in [1.82, 2.24) is 9.99 Å². The number of aromatic nitrogens is 1. The van der Waals surface area contributed by atoms with Crippen molar-refractivity contribution in [2.75, 3.05) is 0 Å². The Balaban J connectivity index is 1.79. The van der Waals surface area contributed by atoms with Crippen LogP contribution in [0.25, 0.3) is 5.69 Å². The highest BCUT2D eigenvalue weighted by molar-refractivity contribution is 6.33. The SMILES string of the molecule is CCc1ccc(-n2c(C)cc(/C=N\NC(=O)c3ccccc3Cl)c2C)cc1. The molecule has 0 aliphatic carbocycles. The summed E-state index contributed by atoms with van der Waals surface area (Å²) in [6.07, 6.45) is 2.68. The summed E-state index contributed by atoms with van der Waals surface area (Å²) in [4.78, 5) is 12.2. The van der Waals surface area contributed by atoms with Crippen molar-refractivity contribution in [2.24, 2.45) is 5.10 Å². The van der Waals surface area contributed by atoms with Gasteiger partial charge in [0.15, 0.2) is 0 Å². The van der Waals surface area contributed by atoms with Gasteiger partial charge < -0.3 is 4.57 Å². The molecule has 0 unspecified atom stereocenters. The molecule has 1 heterocycles. The molecule has 0 atom stereocenters. The standard InChI is InChI=1S/C22H22ClN3O/c1-4-17-9-11-19(12-10-17)26-15(2)13-18(16(26)3)14-24-25-22(27)20-7-5-6-8-21(20)23/h5-14H,4H2,1-3H3,(H,25,27)/b24-14-. The van der Waals surface area contributed by atoms with Crippen LogP contribution in [0.3, 0.4) is 0 Å². The first-order valence-electron chi connectivity index (χ1n) is 8.87. The van der Waals surface area contributed by atoms with Crippen molar-refractivity contribution in [3.05, 3.63) is 87.7 Å². The summed E-state index contributed by atoms with van der Waals surface area (Å²) in [5.41, 5.74) is 8.48. The van der Waals surface area contributed by atoms with Gasteiger partial charge in [-0.25, -0.2) is 5.43 Å². The minimum Gasteiger partial charge on any atom is -0.318 e. The van der Waals surface area contributed by atoms with Crippen LogP contribution in [0.2, 0.25) is 5.02 Å². The topological polar surface area (TPSA) is 46.4 Å². The Labute approximate surface area is 164 Å². The molecule has 5 heteroatoms. The van der Waals surface area contributed by atoms with Gasteiger partial charge >= 0.3 is 0 Å². The third-order valence-electron chi connectivity index (χ3n) is 4.56. The van der Waals surface area contributed by atoms with E-state index in [4.69, 9.17) is 11.6 Å². The number of aryl methyl sites for hydroxylation is 2. The molecule has 1 aromatic heterocycles. The number of halogens is 1. The molecule has 27 heavy (non-hydrogen) atoms. The summed E-state index contributed by atoms with van der Waals surface area (Å²) < 4.78 is 2.18. The third kappa shape index (κ3) is 4.12. The van der Waals surface area contributed by atoms with Crippen LogP contribution in [0.1, 0.15) is 39.8 Å². The highest BCUT2D eigenvalue weighted by atomic mass is 35.5. The quantitative estimate of drug-likeness (QED) is 0.488. The Morgan fingerprint density at radius 3 is 2.52 bits per heavy atom. The number of amides is 1. The molecule has 138 valence electrons. The summed E-state index contributed by atoms with van der Waals surface area (Å²) in [6.45, 7) is 6.24. The number of rotatable bonds is 5. The molecule has 1 N–H and O–H groups in total. The van der Waals surface area contributed by atoms with Crippen LogP contribution in [0.4, 0.5) is 0 Å². The average molecular weight is 380 g/mol. The molecule has 0 spiro atoms. The molecule has 0 aliphatic heterocycles. The van der Waals surface area contributed by atoms with Gasteiger partial charge in [-0.1, -0.05) is 42.8 Å². The number of hydrogen-bond acceptors (Lipinski definition) is 2. The van der Waals surface area contributed by atoms with Gasteiger partial charge in [-0.15, -0.1) is 0 Å². The minimum atomic E-state index is -0.333. The number of nitrogens with zero attached hydrogens (tertiary/aromatic N) is 2. The first kappa shape index (κ1) is 18.9. The summed E-state index contributed by atoms with van der Waals surface area (Å²) in [6, 6.07) is 17.5. The lowest BCUT2D eigenvalue weighted by molar-refractivity contribution is 0.0955. The maximum absolute atomic E-state index is 12.2. The van der Waals surface area contributed by atoms with E-state index in [9.17, 15) is 4.79 Å². The Kier molecular flexibility index (Phi) is 5.77. The molecule has 4 nitrogen and oxygen atoms in total. The van der Waals surface area contributed by atoms with Crippen molar-refractivity contribution >= 4 is 23.7 Å². The van der Waals surface area contributed by atoms with E-state index in [0.717, 1.165) is 29.1 Å². The fraction of sp³-hybridized carbons (Fsp3) is 0.182. The largest absolute Gasteiger partial charge is 0.318 e. The molecule has 0 aliphatic rings. The number of hydrazone groups is 1. The van der Waals surface area contributed by atoms with Gasteiger partial charge in [0.25, 0.3) is 5.91 Å². The van der Waals surface area contributed by atoms with E-state index in [0.29, 0.717) is 10.6 Å². The van der Waals surface area contributed by atoms with Gasteiger partial charge in [0.1, 0.15) is 0 Å². The Bertz CT molecular complexity index is 987. The van der Waals surface area contributed by atoms with E-state index in [1.807, 2.05) is 13.0 Å². The summed E-state index contributed by atoms with van der Waals surface area (Å²) in [5, 5.41) is 4.50. The van der Waals surface area contributed by atoms with Crippen molar-refractivity contribution in [2.45, 2.75) is 27.2 Å². The molecule has 0 radical (unpaired) electrons. The second kappa shape index (κ2) is 8.23. The Morgan fingerprint density at radius 1 is 1.15 bits per heavy atom. The molecule has 3 aromatic rings. The molecule has 0 fully saturated rings. The zero-order valence-corrected chi connectivity index (χ0v) is 16.4. The molecule has 2 aromatic carbocycles. The van der Waals surface area contributed by atoms with Gasteiger partial charge in [-0.05, 0) is 56.2 Å². The normalized spacial score (nSPS) is 11.1. The zero-order chi connectivity index (χ0) is 19.4. The van der Waals surface area contributed by atoms with Crippen molar-refractivity contribution in [3.63, 3.8) is 0 Å². The lowest BCUT2D eigenvalue weighted by atomic mass is 10.1. The number of carbonyl (C=O) groups is 1. The van der Waals surface area contributed by atoms with Crippen LogP contribution in [0.15, 0.2) is 59.7 Å². The zero-order valence-electron chi connectivity index (χ0n) is 15.7. The first-order valence-corrected chi connectivity index (χ1v) is 9.25. The van der Waals surface area contributed by atoms with Crippen LogP contribution >= 0.6 is 11.6 Å². The monoisotopic (exact) mass is 379 g/mol. The minimum absolute atomic E-state index is 0.333. The van der Waals surface area contributed by atoms with Crippen LogP contribution in [0, 0.1) is 13.8 Å². The van der Waals surface area contributed by atoms with E-state index in [1.165, 1.54) is 5.56 Å². The second-order valence-corrected chi connectivity index (χ2v) is 6.77. The highest BCUT2D eigenvalue weighted by Gasteiger charge is 2.11. The average Bonchev–Trinajstić information content (AvgIpc) is 2.95. The highest BCUT2D eigenvalue weighted by Crippen LogP contribution is 2.20. The van der Waals surface area contributed by atoms with Gasteiger partial charge in [-0.3, -0.25) is 4.79 Å². The van der Waals surface area contributed by atoms with Gasteiger partial charge in [0.2, 0.25) is 0 Å². The summed E-state index contributed by atoms with van der Waals surface area (Å²) in [7, 11) is 0. The molecule has 0 bridgehead atoms. The molecule has 0 saturated carbocycles. The maximum Gasteiger partial charge on any atom is 0.272 e. The van der Waals surface area contributed by atoms with Gasteiger partial charge in [-0.2, -0.15) is 5.10 Å². The number of carbonyl (C=O) groups excluding carboxylic acids is 1. The predicted molar refractivity (Wildman–Crippen MR) is 111 cm³/mol. The van der Waals surface area contributed by atoms with E-state index in [2.05, 4.69) is 53.2 Å². The van der Waals surface area contributed by atoms with Crippen LogP contribution in [0.5, 0.6) is 0 Å². The summed E-state index contributed by atoms with van der Waals surface area (Å²) >= 11 is 6.04. The van der Waals surface area contributed by atoms with E-state index in [1.54, 1.807) is 30.5 Å². The predicted octanol–water partition coefficient (Wildman–Crippen LogP) is 5.07. The fourth-order valence-corrected chi connectivity index (χ4v) is 3.28. The van der Waals surface area contributed by atoms with Crippen LogP contribution < -0.4 is 5.43 Å². The summed E-state index contributed by atoms with van der Waals surface area (Å²) in [5.74, 6) is -0.333. The van der Waals surface area contributed by atoms with E-state index < -0.39 is 0 Å². The lowest BCUT2D eigenvalue weighted by Gasteiger charge is -2.10. The third-order valence-corrected chi connectivity index (χ3v) is 4.89. The van der Waals surface area contributed by atoms with Gasteiger partial charge in [0, 0.05) is 22.6 Å². The molecular formula is C22H22ClN3O. The smallest absolute Gasteiger partial charge is 0.272 e. The van der Waals surface area contributed by atoms with Crippen molar-refractivity contribution in [3.8, 4) is 5.69 Å². The van der Waals surface area contributed by atoms with E-state index in [-0.39, 0.29) is 5.91 Å². The molecule has 3 rings (SSSR count). The van der Waals surface area contributed by atoms with Crippen molar-refractivity contribution in [1.29, 1.82) is 0 Å². The number of nitrogens with one attached hydrogen (secondary N) is 1. The Hall–Kier alpha value is -2.85. The maximum atomic E-state index is 12.2. The van der Waals surface area contributed by atoms with Crippen molar-refractivity contribution < 1.29 is 4.79 Å². The fourth-order valence-electron chi connectivity index (χ4n) is 3.06. The first-order chi connectivity index (χ1) is 13.0. The molecular weight excluding hydrogens is 358 g/mol. The lowest BCUT2D eigenvalue weighted by Crippen LogP contribution is -2.18. The van der Waals surface area contributed by atoms with Crippen LogP contribution in [-0.2, 0) is 6.42 Å². The van der Waals surface area contributed by atoms with Gasteiger partial charge in [0.05, 0.1) is 16.8 Å². The molecule has 1 amide bonds. The number of benzene rings is 2. The van der Waals surface area contributed by atoms with Crippen LogP contribution in [-0.4, -0.2) is 16.7 Å². The second-order valence-electron chi connectivity index (χ2n) is 6.36. The molecule has 0 saturated heterocycles. The van der Waals surface area contributed by atoms with E-state index >= 15 is 0 Å². The number of hydrogen-bond donors (Lipinski definition) is 1.